The average Bonchev–Trinajstić information content (AvgIpc) is 3.30. The molecule has 3 nitrogen and oxygen atoms in total. The molecule has 3 rings (SSSR count). The quantitative estimate of drug-likeness (QED) is 0.817. The second kappa shape index (κ2) is 6.67. The van der Waals surface area contributed by atoms with Crippen LogP contribution in [0.2, 0.25) is 0 Å². The maximum absolute atomic E-state index is 10.5. The van der Waals surface area contributed by atoms with Crippen LogP contribution < -0.4 is 10.1 Å². The summed E-state index contributed by atoms with van der Waals surface area (Å²) in [5.74, 6) is 0.852. The summed E-state index contributed by atoms with van der Waals surface area (Å²) >= 11 is 3.59. The maximum Gasteiger partial charge on any atom is 0.119 e. The molecule has 0 aliphatic heterocycles. The molecule has 0 bridgehead atoms. The number of aliphatic hydroxyl groups is 1. The molecule has 2 aliphatic rings. The van der Waals surface area contributed by atoms with Crippen molar-refractivity contribution in [2.24, 2.45) is 0 Å². The Morgan fingerprint density at radius 3 is 2.71 bits per heavy atom. The Kier molecular flexibility index (Phi) is 4.87. The van der Waals surface area contributed by atoms with Gasteiger partial charge in [-0.2, -0.15) is 0 Å². The first-order chi connectivity index (χ1) is 10.1. The van der Waals surface area contributed by atoms with Crippen molar-refractivity contribution in [3.8, 4) is 5.75 Å². The van der Waals surface area contributed by atoms with Gasteiger partial charge in [-0.25, -0.2) is 0 Å². The molecule has 0 radical (unpaired) electrons. The van der Waals surface area contributed by atoms with E-state index in [9.17, 15) is 5.11 Å². The van der Waals surface area contributed by atoms with E-state index in [-0.39, 0.29) is 0 Å². The van der Waals surface area contributed by atoms with Crippen molar-refractivity contribution in [1.29, 1.82) is 0 Å². The minimum Gasteiger partial charge on any atom is -0.491 e. The van der Waals surface area contributed by atoms with Gasteiger partial charge in [-0.15, -0.1) is 0 Å². The van der Waals surface area contributed by atoms with E-state index in [1.54, 1.807) is 0 Å². The predicted molar refractivity (Wildman–Crippen MR) is 87.5 cm³/mol. The highest BCUT2D eigenvalue weighted by molar-refractivity contribution is 9.10. The zero-order valence-electron chi connectivity index (χ0n) is 12.4. The van der Waals surface area contributed by atoms with Crippen LogP contribution in [0.1, 0.15) is 50.5 Å². The lowest BCUT2D eigenvalue weighted by Gasteiger charge is -2.31. The first kappa shape index (κ1) is 15.3. The van der Waals surface area contributed by atoms with E-state index in [2.05, 4.69) is 27.3 Å². The fourth-order valence-corrected chi connectivity index (χ4v) is 3.28. The molecule has 2 saturated carbocycles. The maximum atomic E-state index is 10.5. The van der Waals surface area contributed by atoms with Gasteiger partial charge in [-0.05, 0) is 49.4 Å². The van der Waals surface area contributed by atoms with Crippen LogP contribution in [0, 0.1) is 0 Å². The third-order valence-electron chi connectivity index (χ3n) is 4.47. The summed E-state index contributed by atoms with van der Waals surface area (Å²) in [6.45, 7) is 1.27. The van der Waals surface area contributed by atoms with Crippen molar-refractivity contribution in [3.05, 3.63) is 28.2 Å². The van der Waals surface area contributed by atoms with Gasteiger partial charge in [0.05, 0.1) is 5.60 Å². The van der Waals surface area contributed by atoms with E-state index in [0.29, 0.717) is 12.6 Å². The third-order valence-corrected chi connectivity index (χ3v) is 5.24. The van der Waals surface area contributed by atoms with E-state index in [1.165, 1.54) is 24.8 Å². The van der Waals surface area contributed by atoms with Crippen molar-refractivity contribution in [2.45, 2.75) is 63.1 Å². The predicted octanol–water partition coefficient (Wildman–Crippen LogP) is 3.78. The van der Waals surface area contributed by atoms with E-state index >= 15 is 0 Å². The van der Waals surface area contributed by atoms with Crippen LogP contribution in [0.3, 0.4) is 0 Å². The molecule has 116 valence electrons. The van der Waals surface area contributed by atoms with Gasteiger partial charge in [-0.1, -0.05) is 35.2 Å². The fourth-order valence-electron chi connectivity index (χ4n) is 2.89. The lowest BCUT2D eigenvalue weighted by atomic mass is 9.85. The number of nitrogens with one attached hydrogen (secondary N) is 1. The lowest BCUT2D eigenvalue weighted by Crippen LogP contribution is -2.37. The Labute approximate surface area is 135 Å². The van der Waals surface area contributed by atoms with Crippen molar-refractivity contribution in [2.75, 3.05) is 6.61 Å². The molecule has 2 fully saturated rings. The minimum atomic E-state index is -0.627. The van der Waals surface area contributed by atoms with E-state index in [0.717, 1.165) is 42.5 Å². The van der Waals surface area contributed by atoms with Crippen molar-refractivity contribution in [1.82, 2.24) is 5.32 Å². The van der Waals surface area contributed by atoms with Crippen molar-refractivity contribution >= 4 is 15.9 Å². The molecule has 0 heterocycles. The standard InChI is InChI=1S/C17H24BrNO2/c18-16-7-6-15(10-13(16)11-19-14-4-5-14)21-12-17(20)8-2-1-3-9-17/h6-7,10,14,19-20H,1-5,8-9,11-12H2. The van der Waals surface area contributed by atoms with Gasteiger partial charge in [0.15, 0.2) is 0 Å². The summed E-state index contributed by atoms with van der Waals surface area (Å²) < 4.78 is 6.98. The van der Waals surface area contributed by atoms with Gasteiger partial charge in [0, 0.05) is 17.1 Å². The topological polar surface area (TPSA) is 41.5 Å². The van der Waals surface area contributed by atoms with Gasteiger partial charge in [0.2, 0.25) is 0 Å². The average molecular weight is 354 g/mol. The number of rotatable bonds is 6. The van der Waals surface area contributed by atoms with Gasteiger partial charge in [0.25, 0.3) is 0 Å². The molecule has 21 heavy (non-hydrogen) atoms. The zero-order valence-corrected chi connectivity index (χ0v) is 14.0. The lowest BCUT2D eigenvalue weighted by molar-refractivity contribution is -0.0339. The second-order valence-corrected chi connectivity index (χ2v) is 7.34. The Morgan fingerprint density at radius 2 is 2.00 bits per heavy atom. The number of halogens is 1. The third kappa shape index (κ3) is 4.44. The smallest absolute Gasteiger partial charge is 0.119 e. The van der Waals surface area contributed by atoms with Crippen LogP contribution in [-0.2, 0) is 6.54 Å². The molecule has 2 aliphatic carbocycles. The molecular formula is C17H24BrNO2. The van der Waals surface area contributed by atoms with Gasteiger partial charge < -0.3 is 15.2 Å². The van der Waals surface area contributed by atoms with E-state index in [1.807, 2.05) is 12.1 Å². The monoisotopic (exact) mass is 353 g/mol. The van der Waals surface area contributed by atoms with Gasteiger partial charge in [0.1, 0.15) is 12.4 Å². The molecule has 0 unspecified atom stereocenters. The summed E-state index contributed by atoms with van der Waals surface area (Å²) in [4.78, 5) is 0. The highest BCUT2D eigenvalue weighted by Gasteiger charge is 2.30. The summed E-state index contributed by atoms with van der Waals surface area (Å²) in [7, 11) is 0. The summed E-state index contributed by atoms with van der Waals surface area (Å²) in [6.07, 6.45) is 7.76. The Balaban J connectivity index is 1.57. The SMILES string of the molecule is OC1(COc2ccc(Br)c(CNC3CC3)c2)CCCCC1. The fraction of sp³-hybridized carbons (Fsp3) is 0.647. The molecule has 1 aromatic rings. The van der Waals surface area contributed by atoms with Gasteiger partial charge >= 0.3 is 0 Å². The molecule has 0 amide bonds. The van der Waals surface area contributed by atoms with Crippen LogP contribution in [-0.4, -0.2) is 23.4 Å². The summed E-state index contributed by atoms with van der Waals surface area (Å²) in [5, 5.41) is 14.0. The molecule has 0 aromatic heterocycles. The normalized spacial score (nSPS) is 21.2. The number of hydrogen-bond acceptors (Lipinski definition) is 3. The molecular weight excluding hydrogens is 330 g/mol. The molecule has 0 spiro atoms. The van der Waals surface area contributed by atoms with Crippen molar-refractivity contribution in [3.63, 3.8) is 0 Å². The Hall–Kier alpha value is -0.580. The van der Waals surface area contributed by atoms with Crippen molar-refractivity contribution < 1.29 is 9.84 Å². The first-order valence-corrected chi connectivity index (χ1v) is 8.81. The van der Waals surface area contributed by atoms with Gasteiger partial charge in [-0.3, -0.25) is 0 Å². The first-order valence-electron chi connectivity index (χ1n) is 8.02. The highest BCUT2D eigenvalue weighted by Crippen LogP contribution is 2.30. The minimum absolute atomic E-state index is 0.407. The molecule has 2 N–H and O–H groups in total. The second-order valence-electron chi connectivity index (χ2n) is 6.48. The Bertz CT molecular complexity index is 482. The van der Waals surface area contributed by atoms with Crippen LogP contribution in [0.25, 0.3) is 0 Å². The molecule has 0 saturated heterocycles. The summed E-state index contributed by atoms with van der Waals surface area (Å²) in [5.41, 5.74) is 0.590. The zero-order chi connectivity index (χ0) is 14.7. The molecule has 1 aromatic carbocycles. The van der Waals surface area contributed by atoms with Crippen LogP contribution in [0.5, 0.6) is 5.75 Å². The number of hydrogen-bond donors (Lipinski definition) is 2. The van der Waals surface area contributed by atoms with Crippen LogP contribution >= 0.6 is 15.9 Å². The van der Waals surface area contributed by atoms with Crippen LogP contribution in [0.4, 0.5) is 0 Å². The number of ether oxygens (including phenoxy) is 1. The Morgan fingerprint density at radius 1 is 1.24 bits per heavy atom. The van der Waals surface area contributed by atoms with E-state index in [4.69, 9.17) is 4.74 Å². The largest absolute Gasteiger partial charge is 0.491 e. The summed E-state index contributed by atoms with van der Waals surface area (Å²) in [6, 6.07) is 6.77. The number of benzene rings is 1. The molecule has 0 atom stereocenters. The highest BCUT2D eigenvalue weighted by atomic mass is 79.9. The molecule has 4 heteroatoms. The van der Waals surface area contributed by atoms with Crippen LogP contribution in [0.15, 0.2) is 22.7 Å². The van der Waals surface area contributed by atoms with E-state index < -0.39 is 5.60 Å².